The molecule has 1 heterocycles. The van der Waals surface area contributed by atoms with Crippen LogP contribution >= 0.6 is 0 Å². The van der Waals surface area contributed by atoms with Gasteiger partial charge < -0.3 is 4.13 Å². The molecule has 6 nitrogen and oxygen atoms in total. The molecule has 43 heavy (non-hydrogen) atoms. The number of alkyl halides is 10. The number of unbranched alkanes of at least 4 members (excludes halogenated alkanes) is 13. The zero-order valence-corrected chi connectivity index (χ0v) is 25.2. The smallest absolute Gasteiger partial charge is 0.425 e. The minimum absolute atomic E-state index is 0.422. The van der Waals surface area contributed by atoms with Gasteiger partial charge >= 0.3 is 22.9 Å². The molecule has 0 aromatic carbocycles. The summed E-state index contributed by atoms with van der Waals surface area (Å²) in [5, 5.41) is -14.0. The molecule has 1 aromatic rings. The second kappa shape index (κ2) is 18.3. The van der Waals surface area contributed by atoms with Gasteiger partial charge in [-0.15, -0.1) is 0 Å². The quantitative estimate of drug-likeness (QED) is 0.0829. The van der Waals surface area contributed by atoms with Crippen LogP contribution in [0, 0.1) is 0 Å². The number of sulfonamides is 2. The second-order valence-electron chi connectivity index (χ2n) is 9.76. The topological polar surface area (TPSA) is 86.3 Å². The number of nitrogens with zero attached hydrogens (tertiary/aromatic N) is 2. The molecule has 0 spiro atoms. The third-order valence-electron chi connectivity index (χ3n) is 6.05. The summed E-state index contributed by atoms with van der Waals surface area (Å²) < 4.78 is 163. The molecule has 18 heteroatoms. The second-order valence-corrected chi connectivity index (χ2v) is 13.3. The van der Waals surface area contributed by atoms with Crippen LogP contribution < -0.4 is 4.57 Å². The molecule has 254 valence electrons. The van der Waals surface area contributed by atoms with E-state index in [4.69, 9.17) is 0 Å². The van der Waals surface area contributed by atoms with Gasteiger partial charge in [-0.3, -0.25) is 0 Å². The Morgan fingerprint density at radius 3 is 1.12 bits per heavy atom. The molecule has 1 rings (SSSR count). The van der Waals surface area contributed by atoms with Gasteiger partial charge in [-0.25, -0.2) is 21.4 Å². The summed E-state index contributed by atoms with van der Waals surface area (Å²) in [7, 11) is -15.2. The molecule has 0 unspecified atom stereocenters. The summed E-state index contributed by atoms with van der Waals surface area (Å²) in [6.45, 7) is 3.47. The minimum atomic E-state index is -7.62. The van der Waals surface area contributed by atoms with E-state index < -0.39 is 42.9 Å². The summed E-state index contributed by atoms with van der Waals surface area (Å²) in [6, 6.07) is 6.31. The lowest BCUT2D eigenvalue weighted by atomic mass is 10.0. The first-order valence-corrected chi connectivity index (χ1v) is 16.6. The largest absolute Gasteiger partial charge is 0.467 e. The van der Waals surface area contributed by atoms with Crippen LogP contribution in [0.5, 0.6) is 0 Å². The Kier molecular flexibility index (Phi) is 17.6. The average molecular weight is 685 g/mol. The maximum Gasteiger partial charge on any atom is 0.467 e. The molecule has 0 N–H and O–H groups in total. The molecule has 1 aromatic heterocycles. The van der Waals surface area contributed by atoms with Crippen LogP contribution in [0.1, 0.15) is 96.8 Å². The Balaban J connectivity index is 0.000000822. The summed E-state index contributed by atoms with van der Waals surface area (Å²) in [5.41, 5.74) is 0. The molecule has 0 aliphatic carbocycles. The summed E-state index contributed by atoms with van der Waals surface area (Å²) in [5.74, 6) is 0. The van der Waals surface area contributed by atoms with Crippen LogP contribution in [0.15, 0.2) is 30.6 Å². The van der Waals surface area contributed by atoms with E-state index in [0.717, 1.165) is 0 Å². The highest BCUT2D eigenvalue weighted by Crippen LogP contribution is 2.47. The predicted molar refractivity (Wildman–Crippen MR) is 140 cm³/mol. The molecule has 0 saturated carbocycles. The molecule has 0 saturated heterocycles. The summed E-state index contributed by atoms with van der Waals surface area (Å²) in [4.78, 5) is 0. The highest BCUT2D eigenvalue weighted by Gasteiger charge is 2.68. The van der Waals surface area contributed by atoms with Gasteiger partial charge in [0.25, 0.3) is 0 Å². The molecule has 0 fully saturated rings. The Morgan fingerprint density at radius 2 is 0.814 bits per heavy atom. The van der Waals surface area contributed by atoms with Crippen molar-refractivity contribution >= 4 is 20.0 Å². The van der Waals surface area contributed by atoms with Gasteiger partial charge in [0.1, 0.15) is 6.54 Å². The highest BCUT2D eigenvalue weighted by molar-refractivity contribution is 8.13. The lowest BCUT2D eigenvalue weighted by Crippen LogP contribution is -2.48. The number of rotatable bonds is 19. The van der Waals surface area contributed by atoms with Gasteiger partial charge in [0.15, 0.2) is 32.4 Å². The first kappa shape index (κ1) is 41.3. The van der Waals surface area contributed by atoms with Crippen molar-refractivity contribution in [3.63, 3.8) is 0 Å². The fourth-order valence-electron chi connectivity index (χ4n) is 3.59. The van der Waals surface area contributed by atoms with E-state index in [1.807, 2.05) is 0 Å². The number of aryl methyl sites for hydroxylation is 1. The third-order valence-corrected chi connectivity index (χ3v) is 9.38. The third kappa shape index (κ3) is 14.3. The zero-order valence-electron chi connectivity index (χ0n) is 23.6. The molecule has 0 amide bonds. The van der Waals surface area contributed by atoms with Crippen LogP contribution in [-0.2, 0) is 26.6 Å². The summed E-state index contributed by atoms with van der Waals surface area (Å²) >= 11 is 0. The van der Waals surface area contributed by atoms with Crippen molar-refractivity contribution in [1.29, 1.82) is 0 Å². The van der Waals surface area contributed by atoms with Gasteiger partial charge in [-0.05, 0) is 6.42 Å². The molecular weight excluding hydrogens is 646 g/mol. The Bertz CT molecular complexity index is 1060. The van der Waals surface area contributed by atoms with Crippen molar-refractivity contribution in [3.05, 3.63) is 34.7 Å². The predicted octanol–water partition coefficient (Wildman–Crippen LogP) is 8.79. The number of aromatic nitrogens is 1. The highest BCUT2D eigenvalue weighted by atomic mass is 32.3. The van der Waals surface area contributed by atoms with E-state index in [1.165, 1.54) is 96.4 Å². The lowest BCUT2D eigenvalue weighted by Gasteiger charge is -2.31. The van der Waals surface area contributed by atoms with Gasteiger partial charge in [-0.2, -0.15) is 43.9 Å². The van der Waals surface area contributed by atoms with E-state index in [-0.39, 0.29) is 0 Å². The first-order chi connectivity index (χ1) is 19.6. The van der Waals surface area contributed by atoms with Crippen molar-refractivity contribution in [3.8, 4) is 0 Å². The maximum atomic E-state index is 12.3. The molecule has 0 aliphatic rings. The van der Waals surface area contributed by atoms with Gasteiger partial charge in [0.2, 0.25) is 0 Å². The van der Waals surface area contributed by atoms with Crippen molar-refractivity contribution < 1.29 is 65.3 Å². The fourth-order valence-corrected chi connectivity index (χ4v) is 5.95. The molecule has 0 aliphatic heterocycles. The summed E-state index contributed by atoms with van der Waals surface area (Å²) in [6.07, 6.45) is 10.4. The number of hydrogen-bond donors (Lipinski definition) is 0. The van der Waals surface area contributed by atoms with Crippen molar-refractivity contribution in [1.82, 2.24) is 0 Å². The van der Waals surface area contributed by atoms with E-state index in [0.29, 0.717) is 4.13 Å². The number of hydrogen-bond acceptors (Lipinski definition) is 4. The normalized spacial score (nSPS) is 13.5. The van der Waals surface area contributed by atoms with Crippen LogP contribution in [0.3, 0.4) is 0 Å². The number of halogens is 10. The number of pyridine rings is 1. The van der Waals surface area contributed by atoms with Crippen LogP contribution in [0.25, 0.3) is 4.13 Å². The van der Waals surface area contributed by atoms with Crippen molar-refractivity contribution in [2.75, 3.05) is 0 Å². The lowest BCUT2D eigenvalue weighted by molar-refractivity contribution is -0.697. The Hall–Kier alpha value is -1.69. The van der Waals surface area contributed by atoms with E-state index in [9.17, 15) is 60.7 Å². The Labute approximate surface area is 246 Å². The molecular formula is C25H38F10N2O4S2. The van der Waals surface area contributed by atoms with E-state index in [1.54, 1.807) is 0 Å². The van der Waals surface area contributed by atoms with Gasteiger partial charge in [0, 0.05) is 18.6 Å². The SMILES string of the molecule is CCCCCCCCCCCCCCCC[n+]1ccccc1.O=S(=O)([N-]S(=O)(=O)C(F)(F)C(F)(F)F)C(F)(F)C(F)(F)F. The average Bonchev–Trinajstić information content (AvgIpc) is 2.88. The standard InChI is InChI=1S/C21H38N.C4F10NO4S2/c1-2-3-4-5-6-7-8-9-10-11-12-13-14-16-19-22-20-17-15-18-21-22;5-1(6,7)3(11,12)20(16,17)15-21(18,19)4(13,14)2(8,9)10/h15,17-18,20-21H,2-14,16,19H2,1H3;/q+1;-1. The van der Waals surface area contributed by atoms with E-state index >= 15 is 0 Å². The van der Waals surface area contributed by atoms with Crippen LogP contribution in [0.4, 0.5) is 43.9 Å². The fraction of sp³-hybridized carbons (Fsp3) is 0.800. The zero-order chi connectivity index (χ0) is 33.4. The van der Waals surface area contributed by atoms with E-state index in [2.05, 4.69) is 42.1 Å². The van der Waals surface area contributed by atoms with Crippen LogP contribution in [0.2, 0.25) is 0 Å². The molecule has 0 bridgehead atoms. The molecule has 0 atom stereocenters. The Morgan fingerprint density at radius 1 is 0.512 bits per heavy atom. The maximum absolute atomic E-state index is 12.3. The minimum Gasteiger partial charge on any atom is -0.425 e. The first-order valence-electron chi connectivity index (χ1n) is 13.7. The van der Waals surface area contributed by atoms with Crippen molar-refractivity contribution in [2.24, 2.45) is 0 Å². The van der Waals surface area contributed by atoms with Gasteiger partial charge in [0.05, 0.1) is 0 Å². The van der Waals surface area contributed by atoms with Gasteiger partial charge in [-0.1, -0.05) is 90.0 Å². The van der Waals surface area contributed by atoms with Crippen LogP contribution in [-0.4, -0.2) is 39.7 Å². The van der Waals surface area contributed by atoms with Crippen molar-refractivity contribution in [2.45, 2.75) is 126 Å². The monoisotopic (exact) mass is 684 g/mol. The molecule has 0 radical (unpaired) electrons.